The van der Waals surface area contributed by atoms with E-state index in [1.54, 1.807) is 13.2 Å². The zero-order chi connectivity index (χ0) is 32.1. The number of aromatic nitrogens is 1. The molecule has 0 radical (unpaired) electrons. The van der Waals surface area contributed by atoms with Crippen molar-refractivity contribution in [3.05, 3.63) is 53.1 Å². The third-order valence-corrected chi connectivity index (χ3v) is 14.1. The van der Waals surface area contributed by atoms with Crippen LogP contribution >= 0.6 is 0 Å². The number of benzene rings is 2. The van der Waals surface area contributed by atoms with Crippen LogP contribution in [0.2, 0.25) is 0 Å². The van der Waals surface area contributed by atoms with E-state index in [4.69, 9.17) is 4.74 Å². The molecular weight excluding hydrogens is 612 g/mol. The van der Waals surface area contributed by atoms with Crippen LogP contribution in [-0.2, 0) is 21.4 Å². The Kier molecular flexibility index (Phi) is 6.85. The molecule has 4 heterocycles. The predicted molar refractivity (Wildman–Crippen MR) is 180 cm³/mol. The van der Waals surface area contributed by atoms with E-state index in [0.29, 0.717) is 36.9 Å². The van der Waals surface area contributed by atoms with E-state index in [-0.39, 0.29) is 11.8 Å². The highest BCUT2D eigenvalue weighted by Gasteiger charge is 2.64. The summed E-state index contributed by atoms with van der Waals surface area (Å²) in [5.41, 5.74) is 5.49. The smallest absolute Gasteiger partial charge is 0.264 e. The van der Waals surface area contributed by atoms with Crippen LogP contribution in [0.25, 0.3) is 22.2 Å². The highest BCUT2D eigenvalue weighted by Crippen LogP contribution is 2.66. The molecule has 2 aromatic carbocycles. The molecule has 3 saturated carbocycles. The van der Waals surface area contributed by atoms with Gasteiger partial charge in [-0.25, -0.2) is 13.1 Å². The van der Waals surface area contributed by atoms with Crippen molar-refractivity contribution in [2.75, 3.05) is 33.3 Å². The maximum absolute atomic E-state index is 14.8. The second-order valence-electron chi connectivity index (χ2n) is 15.0. The second kappa shape index (κ2) is 10.8. The molecule has 1 aromatic heterocycles. The standard InChI is InChI=1S/C37H44N4O5S/c1-46-26-10-14-28-30(19-26)31-20-37(31,36(43)40-17-16-39-15-5-8-25(39)21-40)22-41-32-18-24(35(42)38-47(44,45)27-11-12-27)9-13-29(32)33(34(28)41)23-6-3-2-4-7-23/h9-10,13-14,18-19,23,25,27,31H,2-8,11-12,15-17,20-22H2,1H3,(H,38,42)/t25-,31?,37?/m1/s1. The maximum atomic E-state index is 14.8. The summed E-state index contributed by atoms with van der Waals surface area (Å²) in [6, 6.07) is 12.5. The van der Waals surface area contributed by atoms with E-state index in [2.05, 4.69) is 31.2 Å². The Balaban J connectivity index is 1.20. The van der Waals surface area contributed by atoms with Crippen molar-refractivity contribution in [2.24, 2.45) is 5.41 Å². The van der Waals surface area contributed by atoms with Gasteiger partial charge in [-0.1, -0.05) is 25.3 Å². The number of rotatable bonds is 6. The Hall–Kier alpha value is -3.37. The molecule has 2 amide bonds. The molecule has 248 valence electrons. The van der Waals surface area contributed by atoms with Gasteiger partial charge < -0.3 is 14.2 Å². The van der Waals surface area contributed by atoms with Crippen molar-refractivity contribution >= 4 is 32.7 Å². The van der Waals surface area contributed by atoms with Crippen LogP contribution in [0, 0.1) is 5.41 Å². The number of hydrogen-bond acceptors (Lipinski definition) is 6. The molecule has 6 aliphatic rings. The molecule has 9 nitrogen and oxygen atoms in total. The van der Waals surface area contributed by atoms with Gasteiger partial charge in [-0.05, 0) is 98.9 Å². The van der Waals surface area contributed by atoms with Gasteiger partial charge in [0.2, 0.25) is 15.9 Å². The van der Waals surface area contributed by atoms with Crippen LogP contribution in [0.1, 0.15) is 97.5 Å². The minimum absolute atomic E-state index is 0.0889. The molecule has 2 saturated heterocycles. The number of amides is 2. The summed E-state index contributed by atoms with van der Waals surface area (Å²) >= 11 is 0. The van der Waals surface area contributed by atoms with Gasteiger partial charge >= 0.3 is 0 Å². The van der Waals surface area contributed by atoms with Gasteiger partial charge in [0.15, 0.2) is 0 Å². The number of nitrogens with zero attached hydrogens (tertiary/aromatic N) is 3. The molecule has 3 atom stereocenters. The Bertz CT molecular complexity index is 1910. The first-order chi connectivity index (χ1) is 22.8. The molecule has 5 fully saturated rings. The number of nitrogens with one attached hydrogen (secondary N) is 1. The summed E-state index contributed by atoms with van der Waals surface area (Å²) in [7, 11) is -1.98. The van der Waals surface area contributed by atoms with Gasteiger partial charge in [-0.15, -0.1) is 0 Å². The topological polar surface area (TPSA) is 101 Å². The minimum atomic E-state index is -3.68. The van der Waals surface area contributed by atoms with E-state index in [9.17, 15) is 18.0 Å². The first kappa shape index (κ1) is 29.7. The summed E-state index contributed by atoms with van der Waals surface area (Å²) < 4.78 is 35.8. The van der Waals surface area contributed by atoms with Crippen LogP contribution in [0.3, 0.4) is 0 Å². The molecule has 10 heteroatoms. The zero-order valence-corrected chi connectivity index (χ0v) is 28.0. The van der Waals surface area contributed by atoms with E-state index >= 15 is 0 Å². The molecular formula is C37H44N4O5S. The summed E-state index contributed by atoms with van der Waals surface area (Å²) in [6.45, 7) is 4.18. The number of hydrogen-bond donors (Lipinski definition) is 1. The largest absolute Gasteiger partial charge is 0.497 e. The summed E-state index contributed by atoms with van der Waals surface area (Å²) in [6.07, 6.45) is 10.2. The van der Waals surface area contributed by atoms with Crippen molar-refractivity contribution < 1.29 is 22.7 Å². The van der Waals surface area contributed by atoms with Crippen molar-refractivity contribution in [1.82, 2.24) is 19.1 Å². The fraction of sp³-hybridized carbons (Fsp3) is 0.568. The second-order valence-corrected chi connectivity index (χ2v) is 17.0. The van der Waals surface area contributed by atoms with Crippen LogP contribution in [-0.4, -0.2) is 79.2 Å². The van der Waals surface area contributed by atoms with Crippen LogP contribution in [0.15, 0.2) is 36.4 Å². The number of piperazine rings is 1. The molecule has 9 rings (SSSR count). The van der Waals surface area contributed by atoms with Crippen molar-refractivity contribution in [3.8, 4) is 17.0 Å². The molecule has 1 N–H and O–H groups in total. The lowest BCUT2D eigenvalue weighted by Gasteiger charge is -2.39. The Morgan fingerprint density at radius 3 is 2.55 bits per heavy atom. The maximum Gasteiger partial charge on any atom is 0.264 e. The lowest BCUT2D eigenvalue weighted by molar-refractivity contribution is -0.140. The first-order valence-electron chi connectivity index (χ1n) is 17.7. The number of methoxy groups -OCH3 is 1. The molecule has 0 spiro atoms. The summed E-state index contributed by atoms with van der Waals surface area (Å²) in [5, 5.41) is 0.631. The van der Waals surface area contributed by atoms with Crippen molar-refractivity contribution in [2.45, 2.75) is 93.9 Å². The number of sulfonamides is 1. The third kappa shape index (κ3) is 4.76. The Labute approximate surface area is 276 Å². The van der Waals surface area contributed by atoms with Gasteiger partial charge in [0.25, 0.3) is 5.91 Å². The number of ether oxygens (including phenoxy) is 1. The zero-order valence-electron chi connectivity index (χ0n) is 27.2. The van der Waals surface area contributed by atoms with Crippen LogP contribution in [0.5, 0.6) is 5.75 Å². The molecule has 47 heavy (non-hydrogen) atoms. The molecule has 3 aliphatic heterocycles. The summed E-state index contributed by atoms with van der Waals surface area (Å²) in [4.78, 5) is 32.9. The van der Waals surface area contributed by atoms with E-state index in [1.807, 2.05) is 18.2 Å². The first-order valence-corrected chi connectivity index (χ1v) is 19.3. The number of fused-ring (bicyclic) bond motifs is 8. The molecule has 3 aliphatic carbocycles. The number of carbonyl (C=O) groups excluding carboxylic acids is 2. The van der Waals surface area contributed by atoms with Crippen LogP contribution < -0.4 is 9.46 Å². The normalized spacial score (nSPS) is 27.4. The molecule has 2 unspecified atom stereocenters. The third-order valence-electron chi connectivity index (χ3n) is 12.3. The van der Waals surface area contributed by atoms with Gasteiger partial charge in [0, 0.05) is 60.2 Å². The Morgan fingerprint density at radius 2 is 1.77 bits per heavy atom. The average Bonchev–Trinajstić information content (AvgIpc) is 4.00. The van der Waals surface area contributed by atoms with Crippen molar-refractivity contribution in [3.63, 3.8) is 0 Å². The van der Waals surface area contributed by atoms with E-state index in [1.165, 1.54) is 36.8 Å². The van der Waals surface area contributed by atoms with E-state index in [0.717, 1.165) is 79.8 Å². The molecule has 0 bridgehead atoms. The monoisotopic (exact) mass is 656 g/mol. The van der Waals surface area contributed by atoms with Gasteiger partial charge in [-0.3, -0.25) is 14.5 Å². The lowest BCUT2D eigenvalue weighted by atomic mass is 9.81. The SMILES string of the molecule is COc1ccc2c(c1)C1CC1(C(=O)N1CCN3CCC[C@@H]3C1)Cn1c-2c(C2CCCCC2)c2ccc(C(=O)NS(=O)(=O)C3CC3)cc21. The average molecular weight is 657 g/mol. The van der Waals surface area contributed by atoms with Gasteiger partial charge in [0.05, 0.1) is 23.5 Å². The van der Waals surface area contributed by atoms with Crippen LogP contribution in [0.4, 0.5) is 0 Å². The lowest BCUT2D eigenvalue weighted by Crippen LogP contribution is -2.54. The number of carbonyl (C=O) groups is 2. The molecule has 3 aromatic rings. The van der Waals surface area contributed by atoms with E-state index < -0.39 is 26.6 Å². The van der Waals surface area contributed by atoms with Gasteiger partial charge in [-0.2, -0.15) is 0 Å². The fourth-order valence-electron chi connectivity index (χ4n) is 9.56. The van der Waals surface area contributed by atoms with Gasteiger partial charge in [0.1, 0.15) is 5.75 Å². The predicted octanol–water partition coefficient (Wildman–Crippen LogP) is 5.38. The minimum Gasteiger partial charge on any atom is -0.497 e. The fourth-order valence-corrected chi connectivity index (χ4v) is 10.9. The quantitative estimate of drug-likeness (QED) is 0.383. The highest BCUT2D eigenvalue weighted by atomic mass is 32.2. The Morgan fingerprint density at radius 1 is 0.936 bits per heavy atom. The van der Waals surface area contributed by atoms with Crippen molar-refractivity contribution in [1.29, 1.82) is 0 Å². The summed E-state index contributed by atoms with van der Waals surface area (Å²) in [5.74, 6) is 0.934. The highest BCUT2D eigenvalue weighted by molar-refractivity contribution is 7.91.